The van der Waals surface area contributed by atoms with Crippen LogP contribution in [0.2, 0.25) is 0 Å². The zero-order valence-corrected chi connectivity index (χ0v) is 6.88. The van der Waals surface area contributed by atoms with Crippen LogP contribution in [0.1, 0.15) is 0 Å². The average Bonchev–Trinajstić information content (AvgIpc) is 2.47. The Morgan fingerprint density at radius 2 is 2.55 bits per heavy atom. The Bertz CT molecular complexity index is 127. The van der Waals surface area contributed by atoms with E-state index in [1.54, 1.807) is 6.08 Å². The summed E-state index contributed by atoms with van der Waals surface area (Å²) in [6.07, 6.45) is 1.95. The summed E-state index contributed by atoms with van der Waals surface area (Å²) < 4.78 is 10.7. The molecule has 0 aromatic carbocycles. The van der Waals surface area contributed by atoms with E-state index in [0.29, 0.717) is 19.3 Å². The predicted octanol–water partition coefficient (Wildman–Crippen LogP) is 0.176. The van der Waals surface area contributed by atoms with Crippen molar-refractivity contribution < 1.29 is 9.47 Å². The Morgan fingerprint density at radius 3 is 3.18 bits per heavy atom. The second-order valence-electron chi connectivity index (χ2n) is 2.59. The molecule has 1 saturated heterocycles. The van der Waals surface area contributed by atoms with Crippen LogP contribution in [0, 0.1) is 0 Å². The van der Waals surface area contributed by atoms with Crippen LogP contribution in [-0.4, -0.2) is 39.0 Å². The summed E-state index contributed by atoms with van der Waals surface area (Å²) in [6.45, 7) is 5.63. The normalized spacial score (nSPS) is 30.6. The first kappa shape index (κ1) is 8.71. The summed E-state index contributed by atoms with van der Waals surface area (Å²) in [5.41, 5.74) is 0. The molecular weight excluding hydrogens is 142 g/mol. The van der Waals surface area contributed by atoms with Crippen LogP contribution in [0.3, 0.4) is 0 Å². The van der Waals surface area contributed by atoms with Gasteiger partial charge in [-0.15, -0.1) is 6.58 Å². The first-order valence-corrected chi connectivity index (χ1v) is 3.86. The third-order valence-corrected chi connectivity index (χ3v) is 1.83. The van der Waals surface area contributed by atoms with Gasteiger partial charge >= 0.3 is 0 Å². The summed E-state index contributed by atoms with van der Waals surface area (Å²) in [4.78, 5) is 0. The number of likely N-dealkylation sites (N-methyl/N-ethyl adjacent to an activating group) is 1. The van der Waals surface area contributed by atoms with E-state index < -0.39 is 0 Å². The lowest BCUT2D eigenvalue weighted by molar-refractivity contribution is 0.0518. The first-order valence-electron chi connectivity index (χ1n) is 3.86. The van der Waals surface area contributed by atoms with Crippen LogP contribution >= 0.6 is 0 Å². The van der Waals surface area contributed by atoms with Gasteiger partial charge in [0.05, 0.1) is 32.0 Å². The van der Waals surface area contributed by atoms with Gasteiger partial charge in [-0.2, -0.15) is 0 Å². The van der Waals surface area contributed by atoms with Crippen molar-refractivity contribution in [2.45, 2.75) is 12.1 Å². The van der Waals surface area contributed by atoms with Gasteiger partial charge in [-0.25, -0.2) is 0 Å². The Kier molecular flexibility index (Phi) is 3.56. The fourth-order valence-corrected chi connectivity index (χ4v) is 1.16. The van der Waals surface area contributed by atoms with E-state index in [-0.39, 0.29) is 6.10 Å². The standard InChI is InChI=1S/C8H15NO2/c1-3-4-11-8-6-10-5-7(8)9-2/h3,7-9H,1,4-6H2,2H3/t7-,8-/m0/s1. The first-order chi connectivity index (χ1) is 5.38. The molecule has 0 aromatic heterocycles. The van der Waals surface area contributed by atoms with Crippen LogP contribution in [0.15, 0.2) is 12.7 Å². The average molecular weight is 157 g/mol. The molecule has 0 bridgehead atoms. The van der Waals surface area contributed by atoms with Gasteiger partial charge in [0.1, 0.15) is 0 Å². The fourth-order valence-electron chi connectivity index (χ4n) is 1.16. The zero-order chi connectivity index (χ0) is 8.10. The van der Waals surface area contributed by atoms with E-state index in [1.165, 1.54) is 0 Å². The second-order valence-corrected chi connectivity index (χ2v) is 2.59. The molecule has 0 radical (unpaired) electrons. The smallest absolute Gasteiger partial charge is 0.0987 e. The molecule has 1 fully saturated rings. The van der Waals surface area contributed by atoms with E-state index in [2.05, 4.69) is 11.9 Å². The van der Waals surface area contributed by atoms with Crippen molar-refractivity contribution in [2.75, 3.05) is 26.9 Å². The summed E-state index contributed by atoms with van der Waals surface area (Å²) in [7, 11) is 1.92. The topological polar surface area (TPSA) is 30.5 Å². The Labute approximate surface area is 67.4 Å². The minimum atomic E-state index is 0.193. The van der Waals surface area contributed by atoms with Crippen molar-refractivity contribution in [1.82, 2.24) is 5.32 Å². The number of rotatable bonds is 4. The summed E-state index contributed by atoms with van der Waals surface area (Å²) >= 11 is 0. The van der Waals surface area contributed by atoms with E-state index in [4.69, 9.17) is 9.47 Å². The molecule has 0 aromatic rings. The Hall–Kier alpha value is -0.380. The number of hydrogen-bond acceptors (Lipinski definition) is 3. The summed E-state index contributed by atoms with van der Waals surface area (Å²) in [6, 6.07) is 0.343. The minimum absolute atomic E-state index is 0.193. The van der Waals surface area contributed by atoms with Crippen molar-refractivity contribution in [3.63, 3.8) is 0 Å². The summed E-state index contributed by atoms with van der Waals surface area (Å²) in [5.74, 6) is 0. The molecule has 11 heavy (non-hydrogen) atoms. The monoisotopic (exact) mass is 157 g/mol. The van der Waals surface area contributed by atoms with Crippen LogP contribution in [0.25, 0.3) is 0 Å². The quantitative estimate of drug-likeness (QED) is 0.590. The molecule has 0 unspecified atom stereocenters. The third-order valence-electron chi connectivity index (χ3n) is 1.83. The molecule has 1 rings (SSSR count). The largest absolute Gasteiger partial charge is 0.377 e. The lowest BCUT2D eigenvalue weighted by Gasteiger charge is -2.15. The second kappa shape index (κ2) is 4.49. The van der Waals surface area contributed by atoms with E-state index >= 15 is 0 Å². The highest BCUT2D eigenvalue weighted by Gasteiger charge is 2.26. The molecule has 2 atom stereocenters. The van der Waals surface area contributed by atoms with Crippen LogP contribution in [0.5, 0.6) is 0 Å². The third kappa shape index (κ3) is 2.29. The van der Waals surface area contributed by atoms with Crippen molar-refractivity contribution in [1.29, 1.82) is 0 Å². The van der Waals surface area contributed by atoms with Gasteiger partial charge in [0.25, 0.3) is 0 Å². The molecule has 3 nitrogen and oxygen atoms in total. The van der Waals surface area contributed by atoms with Gasteiger partial charge in [0.2, 0.25) is 0 Å². The van der Waals surface area contributed by atoms with E-state index in [1.807, 2.05) is 7.05 Å². The molecule has 0 aliphatic carbocycles. The van der Waals surface area contributed by atoms with Gasteiger partial charge in [0, 0.05) is 0 Å². The number of ether oxygens (including phenoxy) is 2. The van der Waals surface area contributed by atoms with E-state index in [9.17, 15) is 0 Å². The van der Waals surface area contributed by atoms with Crippen molar-refractivity contribution in [3.8, 4) is 0 Å². The minimum Gasteiger partial charge on any atom is -0.377 e. The Morgan fingerprint density at radius 1 is 1.73 bits per heavy atom. The lowest BCUT2D eigenvalue weighted by atomic mass is 10.2. The SMILES string of the molecule is C=CCO[C@H]1COC[C@@H]1NC. The maximum absolute atomic E-state index is 5.45. The van der Waals surface area contributed by atoms with Crippen molar-refractivity contribution in [3.05, 3.63) is 12.7 Å². The maximum atomic E-state index is 5.45. The predicted molar refractivity (Wildman–Crippen MR) is 43.6 cm³/mol. The van der Waals surface area contributed by atoms with Gasteiger partial charge in [-0.3, -0.25) is 0 Å². The molecule has 1 N–H and O–H groups in total. The molecule has 0 spiro atoms. The fraction of sp³-hybridized carbons (Fsp3) is 0.750. The molecule has 0 saturated carbocycles. The van der Waals surface area contributed by atoms with Crippen molar-refractivity contribution >= 4 is 0 Å². The Balaban J connectivity index is 2.25. The highest BCUT2D eigenvalue weighted by molar-refractivity contribution is 4.81. The van der Waals surface area contributed by atoms with Gasteiger partial charge in [-0.05, 0) is 7.05 Å². The highest BCUT2D eigenvalue weighted by Crippen LogP contribution is 2.08. The van der Waals surface area contributed by atoms with Crippen LogP contribution < -0.4 is 5.32 Å². The molecule has 64 valence electrons. The van der Waals surface area contributed by atoms with Crippen molar-refractivity contribution in [2.24, 2.45) is 0 Å². The number of hydrogen-bond donors (Lipinski definition) is 1. The highest BCUT2D eigenvalue weighted by atomic mass is 16.5. The van der Waals surface area contributed by atoms with Gasteiger partial charge < -0.3 is 14.8 Å². The molecule has 1 aliphatic heterocycles. The van der Waals surface area contributed by atoms with Crippen LogP contribution in [-0.2, 0) is 9.47 Å². The maximum Gasteiger partial charge on any atom is 0.0987 e. The van der Waals surface area contributed by atoms with Gasteiger partial charge in [0.15, 0.2) is 0 Å². The van der Waals surface area contributed by atoms with Gasteiger partial charge in [-0.1, -0.05) is 6.08 Å². The van der Waals surface area contributed by atoms with E-state index in [0.717, 1.165) is 6.61 Å². The molecule has 0 amide bonds. The lowest BCUT2D eigenvalue weighted by Crippen LogP contribution is -2.38. The zero-order valence-electron chi connectivity index (χ0n) is 6.88. The molecule has 1 aliphatic rings. The van der Waals surface area contributed by atoms with Crippen LogP contribution in [0.4, 0.5) is 0 Å². The molecular formula is C8H15NO2. The molecule has 3 heteroatoms. The molecule has 1 heterocycles. The summed E-state index contributed by atoms with van der Waals surface area (Å²) in [5, 5.41) is 3.14. The number of nitrogens with one attached hydrogen (secondary N) is 1.